The maximum Gasteiger partial charge on any atom is 0.389 e. The molecule has 0 aromatic heterocycles. The highest BCUT2D eigenvalue weighted by atomic mass is 16.5. The number of aromatic hydroxyl groups is 1. The second-order valence-corrected chi connectivity index (χ2v) is 2.91. The van der Waals surface area contributed by atoms with Crippen LogP contribution in [0.1, 0.15) is 19.8 Å². The zero-order valence-corrected chi connectivity index (χ0v) is 8.49. The van der Waals surface area contributed by atoms with E-state index >= 15 is 0 Å². The molecule has 15 heavy (non-hydrogen) atoms. The van der Waals surface area contributed by atoms with Gasteiger partial charge in [0.05, 0.1) is 0 Å². The van der Waals surface area contributed by atoms with Crippen LogP contribution in [0.2, 0.25) is 0 Å². The fraction of sp³-hybridized carbons (Fsp3) is 0.250. The smallest absolute Gasteiger partial charge is 0.389 e. The zero-order chi connectivity index (χ0) is 11.1. The molecule has 3 heteroatoms. The van der Waals surface area contributed by atoms with Gasteiger partial charge < -0.3 is 9.84 Å². The Balaban J connectivity index is 2.60. The van der Waals surface area contributed by atoms with Crippen molar-refractivity contribution < 1.29 is 14.6 Å². The van der Waals surface area contributed by atoms with Crippen molar-refractivity contribution in [2.24, 2.45) is 0 Å². The largest absolute Gasteiger partial charge is 0.504 e. The number of phenolic OH excluding ortho intramolecular Hbond substituents is 1. The van der Waals surface area contributed by atoms with E-state index in [0.29, 0.717) is 6.42 Å². The van der Waals surface area contributed by atoms with E-state index in [4.69, 9.17) is 4.74 Å². The fourth-order valence-electron chi connectivity index (χ4n) is 0.929. The lowest BCUT2D eigenvalue weighted by atomic mass is 10.3. The van der Waals surface area contributed by atoms with Crippen molar-refractivity contribution in [3.63, 3.8) is 0 Å². The van der Waals surface area contributed by atoms with Crippen LogP contribution in [0.3, 0.4) is 0 Å². The number of hydrogen-bond acceptors (Lipinski definition) is 3. The lowest BCUT2D eigenvalue weighted by Crippen LogP contribution is -2.04. The molecule has 0 aliphatic carbocycles. The molecule has 0 unspecified atom stereocenters. The summed E-state index contributed by atoms with van der Waals surface area (Å²) >= 11 is 0. The van der Waals surface area contributed by atoms with E-state index in [9.17, 15) is 9.90 Å². The SMILES string of the molecule is CCCC#CC(=O)Oc1ccccc1O. The standard InChI is InChI=1S/C12H12O3/c1-2-3-4-9-12(14)15-11-8-6-5-7-10(11)13/h5-8,13H,2-3H2,1H3. The number of benzene rings is 1. The Labute approximate surface area is 88.7 Å². The molecule has 0 saturated carbocycles. The van der Waals surface area contributed by atoms with E-state index in [1.807, 2.05) is 6.92 Å². The Morgan fingerprint density at radius 2 is 2.20 bits per heavy atom. The van der Waals surface area contributed by atoms with Crippen LogP contribution in [-0.2, 0) is 4.79 Å². The summed E-state index contributed by atoms with van der Waals surface area (Å²) in [7, 11) is 0. The molecule has 3 nitrogen and oxygen atoms in total. The average Bonchev–Trinajstić information content (AvgIpc) is 2.22. The van der Waals surface area contributed by atoms with E-state index in [1.165, 1.54) is 12.1 Å². The van der Waals surface area contributed by atoms with Gasteiger partial charge in [0.1, 0.15) is 0 Å². The number of phenols is 1. The third-order valence-electron chi connectivity index (χ3n) is 1.63. The van der Waals surface area contributed by atoms with Crippen molar-refractivity contribution in [3.05, 3.63) is 24.3 Å². The van der Waals surface area contributed by atoms with Gasteiger partial charge in [-0.15, -0.1) is 0 Å². The molecule has 0 fully saturated rings. The first kappa shape index (κ1) is 11.1. The van der Waals surface area contributed by atoms with Gasteiger partial charge >= 0.3 is 5.97 Å². The molecular weight excluding hydrogens is 192 g/mol. The molecular formula is C12H12O3. The van der Waals surface area contributed by atoms with Crippen molar-refractivity contribution in [3.8, 4) is 23.3 Å². The lowest BCUT2D eigenvalue weighted by Gasteiger charge is -2.01. The van der Waals surface area contributed by atoms with Crippen molar-refractivity contribution in [2.75, 3.05) is 0 Å². The lowest BCUT2D eigenvalue weighted by molar-refractivity contribution is -0.128. The third-order valence-corrected chi connectivity index (χ3v) is 1.63. The summed E-state index contributed by atoms with van der Waals surface area (Å²) in [5.41, 5.74) is 0. The second kappa shape index (κ2) is 5.71. The molecule has 1 rings (SSSR count). The summed E-state index contributed by atoms with van der Waals surface area (Å²) in [4.78, 5) is 11.1. The van der Waals surface area contributed by atoms with Crippen LogP contribution in [0.25, 0.3) is 0 Å². The Hall–Kier alpha value is -1.95. The molecule has 0 aliphatic rings. The molecule has 1 N–H and O–H groups in total. The highest BCUT2D eigenvalue weighted by Gasteiger charge is 2.04. The molecule has 0 spiro atoms. The van der Waals surface area contributed by atoms with E-state index < -0.39 is 5.97 Å². The topological polar surface area (TPSA) is 46.5 Å². The number of carbonyl (C=O) groups is 1. The molecule has 0 amide bonds. The molecule has 1 aromatic rings. The summed E-state index contributed by atoms with van der Waals surface area (Å²) in [6.45, 7) is 1.98. The molecule has 0 heterocycles. The molecule has 0 saturated heterocycles. The number of carbonyl (C=O) groups excluding carboxylic acids is 1. The van der Waals surface area contributed by atoms with Gasteiger partial charge in [-0.05, 0) is 18.6 Å². The number of para-hydroxylation sites is 2. The molecule has 0 radical (unpaired) electrons. The summed E-state index contributed by atoms with van der Waals surface area (Å²) in [5.74, 6) is 4.42. The quantitative estimate of drug-likeness (QED) is 0.347. The maximum absolute atomic E-state index is 11.1. The van der Waals surface area contributed by atoms with Crippen molar-refractivity contribution in [1.82, 2.24) is 0 Å². The van der Waals surface area contributed by atoms with E-state index in [-0.39, 0.29) is 11.5 Å². The first-order valence-corrected chi connectivity index (χ1v) is 4.72. The predicted molar refractivity (Wildman–Crippen MR) is 56.4 cm³/mol. The fourth-order valence-corrected chi connectivity index (χ4v) is 0.929. The predicted octanol–water partition coefficient (Wildman–Crippen LogP) is 2.10. The summed E-state index contributed by atoms with van der Waals surface area (Å²) in [6, 6.07) is 6.27. The summed E-state index contributed by atoms with van der Waals surface area (Å²) < 4.78 is 4.83. The zero-order valence-electron chi connectivity index (χ0n) is 8.49. The number of hydrogen-bond donors (Lipinski definition) is 1. The van der Waals surface area contributed by atoms with E-state index in [1.54, 1.807) is 12.1 Å². The minimum atomic E-state index is -0.648. The first-order chi connectivity index (χ1) is 7.24. The third kappa shape index (κ3) is 3.74. The Morgan fingerprint density at radius 3 is 2.87 bits per heavy atom. The van der Waals surface area contributed by atoms with Gasteiger partial charge in [0.25, 0.3) is 0 Å². The maximum atomic E-state index is 11.1. The van der Waals surface area contributed by atoms with Gasteiger partial charge in [-0.2, -0.15) is 0 Å². The van der Waals surface area contributed by atoms with Gasteiger partial charge in [0.15, 0.2) is 11.5 Å². The van der Waals surface area contributed by atoms with Crippen LogP contribution in [-0.4, -0.2) is 11.1 Å². The van der Waals surface area contributed by atoms with Crippen LogP contribution in [0.15, 0.2) is 24.3 Å². The van der Waals surface area contributed by atoms with Crippen molar-refractivity contribution >= 4 is 5.97 Å². The van der Waals surface area contributed by atoms with Gasteiger partial charge in [-0.1, -0.05) is 25.0 Å². The van der Waals surface area contributed by atoms with Gasteiger partial charge in [-0.3, -0.25) is 0 Å². The highest BCUT2D eigenvalue weighted by molar-refractivity contribution is 5.90. The normalized spacial score (nSPS) is 8.87. The first-order valence-electron chi connectivity index (χ1n) is 4.72. The molecule has 78 valence electrons. The minimum absolute atomic E-state index is 0.0665. The molecule has 1 aromatic carbocycles. The van der Waals surface area contributed by atoms with Crippen LogP contribution >= 0.6 is 0 Å². The van der Waals surface area contributed by atoms with Crippen molar-refractivity contribution in [1.29, 1.82) is 0 Å². The molecule has 0 aliphatic heterocycles. The number of ether oxygens (including phenoxy) is 1. The Morgan fingerprint density at radius 1 is 1.47 bits per heavy atom. The number of unbranched alkanes of at least 4 members (excludes halogenated alkanes) is 1. The van der Waals surface area contributed by atoms with E-state index in [2.05, 4.69) is 11.8 Å². The van der Waals surface area contributed by atoms with Crippen molar-refractivity contribution in [2.45, 2.75) is 19.8 Å². The monoisotopic (exact) mass is 204 g/mol. The van der Waals surface area contributed by atoms with Crippen LogP contribution in [0.4, 0.5) is 0 Å². The second-order valence-electron chi connectivity index (χ2n) is 2.91. The van der Waals surface area contributed by atoms with Crippen LogP contribution in [0, 0.1) is 11.8 Å². The van der Waals surface area contributed by atoms with Gasteiger partial charge in [-0.25, -0.2) is 4.79 Å². The van der Waals surface area contributed by atoms with Gasteiger partial charge in [0, 0.05) is 12.3 Å². The number of esters is 1. The highest BCUT2D eigenvalue weighted by Crippen LogP contribution is 2.24. The van der Waals surface area contributed by atoms with Crippen LogP contribution in [0.5, 0.6) is 11.5 Å². The number of rotatable bonds is 2. The Bertz CT molecular complexity index is 399. The van der Waals surface area contributed by atoms with Crippen LogP contribution < -0.4 is 4.74 Å². The summed E-state index contributed by atoms with van der Waals surface area (Å²) in [6.07, 6.45) is 1.56. The average molecular weight is 204 g/mol. The van der Waals surface area contributed by atoms with E-state index in [0.717, 1.165) is 6.42 Å². The minimum Gasteiger partial charge on any atom is -0.504 e. The summed E-state index contributed by atoms with van der Waals surface area (Å²) in [5, 5.41) is 9.31. The van der Waals surface area contributed by atoms with Gasteiger partial charge in [0.2, 0.25) is 0 Å². The molecule has 0 atom stereocenters. The Kier molecular flexibility index (Phi) is 4.24. The molecule has 0 bridgehead atoms.